The molecule has 0 spiro atoms. The first-order chi connectivity index (χ1) is 7.38. The molecule has 0 amide bonds. The Labute approximate surface area is 105 Å². The molecule has 0 unspecified atom stereocenters. The number of benzene rings is 1. The van der Waals surface area contributed by atoms with E-state index >= 15 is 0 Å². The van der Waals surface area contributed by atoms with Crippen LogP contribution in [0, 0.1) is 0 Å². The van der Waals surface area contributed by atoms with Crippen molar-refractivity contribution >= 4 is 33.3 Å². The number of rotatable bonds is 5. The topological polar surface area (TPSA) is 54.4 Å². The van der Waals surface area contributed by atoms with Crippen molar-refractivity contribution in [3.8, 4) is 0 Å². The molecule has 0 saturated heterocycles. The van der Waals surface area contributed by atoms with Gasteiger partial charge in [0.05, 0.1) is 5.75 Å². The average Bonchev–Trinajstić information content (AvgIpc) is 2.16. The van der Waals surface area contributed by atoms with Crippen molar-refractivity contribution in [2.24, 2.45) is 0 Å². The van der Waals surface area contributed by atoms with E-state index in [0.717, 1.165) is 5.56 Å². The quantitative estimate of drug-likeness (QED) is 0.667. The Hall–Kier alpha value is -0.290. The number of halogens is 2. The summed E-state index contributed by atoms with van der Waals surface area (Å²) in [5.74, 6) is -0.217. The predicted molar refractivity (Wildman–Crippen MR) is 65.8 cm³/mol. The second-order valence-electron chi connectivity index (χ2n) is 3.48. The van der Waals surface area contributed by atoms with Crippen LogP contribution in [0.25, 0.3) is 0 Å². The van der Waals surface area contributed by atoms with Gasteiger partial charge in [-0.25, -0.2) is 0 Å². The molecule has 0 radical (unpaired) electrons. The van der Waals surface area contributed by atoms with Crippen LogP contribution < -0.4 is 0 Å². The maximum Gasteiger partial charge on any atom is 0.264 e. The summed E-state index contributed by atoms with van der Waals surface area (Å²) in [5.41, 5.74) is 0.893. The first-order valence-corrected chi connectivity index (χ1v) is 7.14. The molecular weight excluding hydrogens is 271 g/mol. The third-order valence-corrected chi connectivity index (χ3v) is 3.51. The van der Waals surface area contributed by atoms with E-state index < -0.39 is 10.1 Å². The van der Waals surface area contributed by atoms with E-state index in [9.17, 15) is 8.42 Å². The maximum atomic E-state index is 10.5. The van der Waals surface area contributed by atoms with E-state index in [1.165, 1.54) is 0 Å². The molecule has 1 aromatic carbocycles. The molecule has 3 nitrogen and oxygen atoms in total. The van der Waals surface area contributed by atoms with Gasteiger partial charge in [0.25, 0.3) is 10.1 Å². The summed E-state index contributed by atoms with van der Waals surface area (Å²) in [6.45, 7) is 0. The zero-order valence-electron chi connectivity index (χ0n) is 8.49. The Balaban J connectivity index is 2.46. The van der Waals surface area contributed by atoms with E-state index in [1.807, 2.05) is 0 Å². The highest BCUT2D eigenvalue weighted by atomic mass is 35.5. The molecule has 0 saturated carbocycles. The lowest BCUT2D eigenvalue weighted by Crippen LogP contribution is -2.04. The zero-order valence-corrected chi connectivity index (χ0v) is 10.8. The summed E-state index contributed by atoms with van der Waals surface area (Å²) in [4.78, 5) is 0. The highest BCUT2D eigenvalue weighted by Crippen LogP contribution is 2.22. The molecule has 0 aliphatic rings. The van der Waals surface area contributed by atoms with Crippen molar-refractivity contribution in [1.29, 1.82) is 0 Å². The van der Waals surface area contributed by atoms with Crippen LogP contribution >= 0.6 is 23.2 Å². The molecule has 0 atom stereocenters. The van der Waals surface area contributed by atoms with Gasteiger partial charge in [-0.2, -0.15) is 8.42 Å². The van der Waals surface area contributed by atoms with Gasteiger partial charge in [0, 0.05) is 10.0 Å². The Bertz CT molecular complexity index is 457. The van der Waals surface area contributed by atoms with E-state index in [0.29, 0.717) is 29.3 Å². The monoisotopic (exact) mass is 282 g/mol. The van der Waals surface area contributed by atoms with Crippen LogP contribution in [0.1, 0.15) is 18.4 Å². The lowest BCUT2D eigenvalue weighted by Gasteiger charge is -2.04. The van der Waals surface area contributed by atoms with Gasteiger partial charge in [0.1, 0.15) is 0 Å². The van der Waals surface area contributed by atoms with E-state index in [-0.39, 0.29) is 5.75 Å². The SMILES string of the molecule is O=S(=O)(O)CCCCc1cc(Cl)ccc1Cl. The summed E-state index contributed by atoms with van der Waals surface area (Å²) >= 11 is 11.7. The smallest absolute Gasteiger partial charge is 0.264 e. The molecule has 0 heterocycles. The Kier molecular flexibility index (Phi) is 5.05. The van der Waals surface area contributed by atoms with Gasteiger partial charge >= 0.3 is 0 Å². The van der Waals surface area contributed by atoms with Gasteiger partial charge in [0.15, 0.2) is 0 Å². The fourth-order valence-electron chi connectivity index (χ4n) is 1.33. The van der Waals surface area contributed by atoms with Crippen molar-refractivity contribution in [3.63, 3.8) is 0 Å². The van der Waals surface area contributed by atoms with E-state index in [1.54, 1.807) is 18.2 Å². The summed E-state index contributed by atoms with van der Waals surface area (Å²) in [7, 11) is -3.86. The molecule has 1 aromatic rings. The van der Waals surface area contributed by atoms with Crippen LogP contribution in [0.4, 0.5) is 0 Å². The lowest BCUT2D eigenvalue weighted by molar-refractivity contribution is 0.480. The molecule has 0 fully saturated rings. The molecule has 0 aromatic heterocycles. The molecule has 1 N–H and O–H groups in total. The number of aryl methyl sites for hydroxylation is 1. The van der Waals surface area contributed by atoms with Crippen LogP contribution in [0.5, 0.6) is 0 Å². The molecule has 90 valence electrons. The van der Waals surface area contributed by atoms with Crippen molar-refractivity contribution in [3.05, 3.63) is 33.8 Å². The molecule has 16 heavy (non-hydrogen) atoms. The Morgan fingerprint density at radius 3 is 2.50 bits per heavy atom. The minimum atomic E-state index is -3.86. The van der Waals surface area contributed by atoms with Crippen LogP contribution in [0.3, 0.4) is 0 Å². The summed E-state index contributed by atoms with van der Waals surface area (Å²) in [6.07, 6.45) is 1.69. The largest absolute Gasteiger partial charge is 0.286 e. The highest BCUT2D eigenvalue weighted by molar-refractivity contribution is 7.85. The molecular formula is C10H12Cl2O3S. The third-order valence-electron chi connectivity index (χ3n) is 2.11. The lowest BCUT2D eigenvalue weighted by atomic mass is 10.1. The maximum absolute atomic E-state index is 10.5. The summed E-state index contributed by atoms with van der Waals surface area (Å²) in [5, 5.41) is 1.23. The van der Waals surface area contributed by atoms with Crippen molar-refractivity contribution in [1.82, 2.24) is 0 Å². The molecule has 0 aliphatic carbocycles. The summed E-state index contributed by atoms with van der Waals surface area (Å²) < 4.78 is 29.5. The van der Waals surface area contributed by atoms with E-state index in [2.05, 4.69) is 0 Å². The fourth-order valence-corrected chi connectivity index (χ4v) is 2.31. The van der Waals surface area contributed by atoms with Crippen molar-refractivity contribution in [2.45, 2.75) is 19.3 Å². The third kappa shape index (κ3) is 5.16. The fraction of sp³-hybridized carbons (Fsp3) is 0.400. The molecule has 0 aliphatic heterocycles. The van der Waals surface area contributed by atoms with Crippen LogP contribution in [-0.2, 0) is 16.5 Å². The zero-order chi connectivity index (χ0) is 12.2. The molecule has 1 rings (SSSR count). The standard InChI is InChI=1S/C10H12Cl2O3S/c11-9-4-5-10(12)8(7-9)3-1-2-6-16(13,14)15/h4-5,7H,1-3,6H2,(H,13,14,15). The minimum Gasteiger partial charge on any atom is -0.286 e. The van der Waals surface area contributed by atoms with Crippen molar-refractivity contribution < 1.29 is 13.0 Å². The normalized spacial score (nSPS) is 11.7. The summed E-state index contributed by atoms with van der Waals surface area (Å²) in [6, 6.07) is 5.17. The minimum absolute atomic E-state index is 0.217. The average molecular weight is 283 g/mol. The van der Waals surface area contributed by atoms with Gasteiger partial charge in [-0.15, -0.1) is 0 Å². The Morgan fingerprint density at radius 2 is 1.88 bits per heavy atom. The Morgan fingerprint density at radius 1 is 1.19 bits per heavy atom. The van der Waals surface area contributed by atoms with E-state index in [4.69, 9.17) is 27.8 Å². The second kappa shape index (κ2) is 5.87. The molecule has 0 bridgehead atoms. The van der Waals surface area contributed by atoms with Gasteiger partial charge in [-0.05, 0) is 43.0 Å². The predicted octanol–water partition coefficient (Wildman–Crippen LogP) is 3.20. The first-order valence-electron chi connectivity index (χ1n) is 4.77. The molecule has 6 heteroatoms. The number of unbranched alkanes of at least 4 members (excludes halogenated alkanes) is 1. The van der Waals surface area contributed by atoms with Crippen LogP contribution in [0.15, 0.2) is 18.2 Å². The van der Waals surface area contributed by atoms with Crippen LogP contribution in [0.2, 0.25) is 10.0 Å². The second-order valence-corrected chi connectivity index (χ2v) is 5.89. The number of hydrogen-bond donors (Lipinski definition) is 1. The highest BCUT2D eigenvalue weighted by Gasteiger charge is 2.05. The number of hydrogen-bond acceptors (Lipinski definition) is 2. The van der Waals surface area contributed by atoms with Crippen molar-refractivity contribution in [2.75, 3.05) is 5.75 Å². The van der Waals surface area contributed by atoms with Crippen LogP contribution in [-0.4, -0.2) is 18.7 Å². The van der Waals surface area contributed by atoms with Gasteiger partial charge in [-0.1, -0.05) is 23.2 Å². The van der Waals surface area contributed by atoms with Gasteiger partial charge < -0.3 is 0 Å². The first kappa shape index (κ1) is 13.8. The van der Waals surface area contributed by atoms with Gasteiger partial charge in [-0.3, -0.25) is 4.55 Å². The van der Waals surface area contributed by atoms with Gasteiger partial charge in [0.2, 0.25) is 0 Å².